The second-order valence-electron chi connectivity index (χ2n) is 13.9. The maximum atomic E-state index is 6.11. The normalized spacial score (nSPS) is 12.1. The van der Waals surface area contributed by atoms with Crippen LogP contribution in [0.15, 0.2) is 125 Å². The molecule has 0 amide bonds. The molecule has 0 aliphatic rings. The molecule has 0 fully saturated rings. The fourth-order valence-corrected chi connectivity index (χ4v) is 8.28. The minimum Gasteiger partial charge on any atom is -0.438 e. The number of aryl methyl sites for hydroxylation is 1. The van der Waals surface area contributed by atoms with Crippen molar-refractivity contribution in [2.75, 3.05) is 0 Å². The first-order valence-electron chi connectivity index (χ1n) is 17.4. The minimum atomic E-state index is 0.305. The van der Waals surface area contributed by atoms with Crippen LogP contribution in [0.2, 0.25) is 0 Å². The van der Waals surface area contributed by atoms with Gasteiger partial charge < -0.3 is 4.42 Å². The summed E-state index contributed by atoms with van der Waals surface area (Å²) in [6.07, 6.45) is 0. The van der Waals surface area contributed by atoms with E-state index in [1.165, 1.54) is 38.0 Å². The maximum absolute atomic E-state index is 6.11. The molecule has 5 aromatic carbocycles. The summed E-state index contributed by atoms with van der Waals surface area (Å²) in [5, 5.41) is 5.61. The van der Waals surface area contributed by atoms with Gasteiger partial charge in [-0.3, -0.25) is 4.57 Å². The number of thiophene rings is 1. The molecule has 0 aliphatic carbocycles. The molecule has 4 aromatic heterocycles. The third kappa shape index (κ3) is 4.95. The van der Waals surface area contributed by atoms with Crippen molar-refractivity contribution < 1.29 is 4.42 Å². The van der Waals surface area contributed by atoms with Crippen LogP contribution >= 0.6 is 11.3 Å². The Hall–Kier alpha value is -5.52. The van der Waals surface area contributed by atoms with E-state index in [9.17, 15) is 0 Å². The molecule has 0 unspecified atom stereocenters. The van der Waals surface area contributed by atoms with Crippen LogP contribution < -0.4 is 0 Å². The average molecular weight is 668 g/mol. The van der Waals surface area contributed by atoms with Gasteiger partial charge in [0.2, 0.25) is 5.71 Å². The topological polar surface area (TPSA) is 43.9 Å². The molecule has 0 bridgehead atoms. The van der Waals surface area contributed by atoms with Crippen LogP contribution in [0, 0.1) is 6.92 Å². The van der Waals surface area contributed by atoms with Crippen LogP contribution in [-0.4, -0.2) is 14.5 Å². The SMILES string of the molecule is Cc1ccc2c(n1)oc1ccc(-c3ccc4scc(-c5nc6ccccc6n5-c5c(C(C)C)cc(-c6ccccc6)cc5C(C)C)c4c3)cc12. The Morgan fingerprint density at radius 2 is 1.32 bits per heavy atom. The molecule has 5 heteroatoms. The van der Waals surface area contributed by atoms with Gasteiger partial charge in [-0.05, 0) is 113 Å². The maximum Gasteiger partial charge on any atom is 0.227 e. The first kappa shape index (κ1) is 30.5. The van der Waals surface area contributed by atoms with Crippen molar-refractivity contribution in [1.29, 1.82) is 0 Å². The molecular weight excluding hydrogens is 631 g/mol. The van der Waals surface area contributed by atoms with Crippen molar-refractivity contribution in [1.82, 2.24) is 14.5 Å². The number of benzene rings is 5. The van der Waals surface area contributed by atoms with Gasteiger partial charge in [0.1, 0.15) is 11.4 Å². The van der Waals surface area contributed by atoms with Gasteiger partial charge >= 0.3 is 0 Å². The Bertz CT molecular complexity index is 2700. The van der Waals surface area contributed by atoms with Crippen molar-refractivity contribution in [2.45, 2.75) is 46.5 Å². The summed E-state index contributed by atoms with van der Waals surface area (Å²) >= 11 is 1.78. The number of imidazole rings is 1. The molecule has 50 heavy (non-hydrogen) atoms. The van der Waals surface area contributed by atoms with Crippen LogP contribution in [0.3, 0.4) is 0 Å². The standard InChI is InChI=1S/C45H37N3OS/c1-26(2)34-23-32(29-11-7-6-8-12-29)24-35(27(3)4)43(34)48-40-14-10-9-13-39(40)47-44(48)38-25-50-42-20-17-31(22-37(38)42)30-16-19-41-36(21-30)33-18-15-28(5)46-45(33)49-41/h6-27H,1-5H3. The van der Waals surface area contributed by atoms with Crippen molar-refractivity contribution in [2.24, 2.45) is 0 Å². The molecule has 0 spiro atoms. The van der Waals surface area contributed by atoms with Crippen molar-refractivity contribution in [3.8, 4) is 39.3 Å². The predicted molar refractivity (Wildman–Crippen MR) is 211 cm³/mol. The van der Waals surface area contributed by atoms with E-state index in [2.05, 4.69) is 152 Å². The predicted octanol–water partition coefficient (Wildman–Crippen LogP) is 13.1. The fraction of sp³-hybridized carbons (Fsp3) is 0.156. The Morgan fingerprint density at radius 3 is 2.08 bits per heavy atom. The lowest BCUT2D eigenvalue weighted by molar-refractivity contribution is 0.652. The Labute approximate surface area is 295 Å². The molecule has 0 saturated heterocycles. The lowest BCUT2D eigenvalue weighted by Crippen LogP contribution is -2.09. The van der Waals surface area contributed by atoms with Gasteiger partial charge in [-0.1, -0.05) is 82.3 Å². The van der Waals surface area contributed by atoms with E-state index in [0.29, 0.717) is 17.5 Å². The van der Waals surface area contributed by atoms with Gasteiger partial charge in [-0.15, -0.1) is 11.3 Å². The monoisotopic (exact) mass is 667 g/mol. The molecule has 9 rings (SSSR count). The number of rotatable bonds is 6. The van der Waals surface area contributed by atoms with Gasteiger partial charge in [0.15, 0.2) is 0 Å². The molecule has 4 nitrogen and oxygen atoms in total. The van der Waals surface area contributed by atoms with Gasteiger partial charge in [0.05, 0.1) is 16.7 Å². The first-order chi connectivity index (χ1) is 24.3. The number of furan rings is 1. The van der Waals surface area contributed by atoms with E-state index in [0.717, 1.165) is 55.6 Å². The minimum absolute atomic E-state index is 0.305. The number of hydrogen-bond acceptors (Lipinski definition) is 4. The fourth-order valence-electron chi connectivity index (χ4n) is 7.36. The molecule has 0 atom stereocenters. The molecule has 9 aromatic rings. The average Bonchev–Trinajstić information content (AvgIpc) is 3.83. The number of pyridine rings is 1. The Balaban J connectivity index is 1.27. The van der Waals surface area contributed by atoms with E-state index in [1.54, 1.807) is 11.3 Å². The van der Waals surface area contributed by atoms with Gasteiger partial charge in [0.25, 0.3) is 0 Å². The van der Waals surface area contributed by atoms with Crippen molar-refractivity contribution >= 4 is 54.5 Å². The third-order valence-corrected chi connectivity index (χ3v) is 10.9. The Kier molecular flexibility index (Phi) is 7.22. The molecule has 0 saturated carbocycles. The number of hydrogen-bond donors (Lipinski definition) is 0. The lowest BCUT2D eigenvalue weighted by Gasteiger charge is -2.24. The Morgan fingerprint density at radius 1 is 0.620 bits per heavy atom. The van der Waals surface area contributed by atoms with Gasteiger partial charge in [0, 0.05) is 37.5 Å². The van der Waals surface area contributed by atoms with Crippen molar-refractivity contribution in [3.63, 3.8) is 0 Å². The highest BCUT2D eigenvalue weighted by atomic mass is 32.1. The number of para-hydroxylation sites is 2. The van der Waals surface area contributed by atoms with E-state index in [1.807, 2.05) is 13.0 Å². The number of aromatic nitrogens is 3. The quantitative estimate of drug-likeness (QED) is 0.177. The molecule has 0 N–H and O–H groups in total. The zero-order valence-electron chi connectivity index (χ0n) is 28.9. The van der Waals surface area contributed by atoms with Crippen molar-refractivity contribution in [3.05, 3.63) is 137 Å². The van der Waals surface area contributed by atoms with Gasteiger partial charge in [-0.25, -0.2) is 9.97 Å². The van der Waals surface area contributed by atoms with E-state index >= 15 is 0 Å². The van der Waals surface area contributed by atoms with Crippen LogP contribution in [0.5, 0.6) is 0 Å². The summed E-state index contributed by atoms with van der Waals surface area (Å²) in [4.78, 5) is 10.0. The highest BCUT2D eigenvalue weighted by Gasteiger charge is 2.25. The summed E-state index contributed by atoms with van der Waals surface area (Å²) in [6.45, 7) is 11.2. The summed E-state index contributed by atoms with van der Waals surface area (Å²) in [5.41, 5.74) is 14.5. The van der Waals surface area contributed by atoms with E-state index in [-0.39, 0.29) is 0 Å². The van der Waals surface area contributed by atoms with E-state index < -0.39 is 0 Å². The first-order valence-corrected chi connectivity index (χ1v) is 18.2. The second kappa shape index (κ2) is 11.8. The summed E-state index contributed by atoms with van der Waals surface area (Å²) in [5.74, 6) is 1.58. The largest absolute Gasteiger partial charge is 0.438 e. The van der Waals surface area contributed by atoms with Crippen LogP contribution in [0.25, 0.3) is 82.5 Å². The number of fused-ring (bicyclic) bond motifs is 5. The van der Waals surface area contributed by atoms with Gasteiger partial charge in [-0.2, -0.15) is 0 Å². The second-order valence-corrected chi connectivity index (χ2v) is 14.8. The molecule has 0 aliphatic heterocycles. The molecule has 0 radical (unpaired) electrons. The number of nitrogens with zero attached hydrogens (tertiary/aromatic N) is 3. The highest BCUT2D eigenvalue weighted by molar-refractivity contribution is 7.17. The van der Waals surface area contributed by atoms with Crippen LogP contribution in [0.4, 0.5) is 0 Å². The molecule has 244 valence electrons. The van der Waals surface area contributed by atoms with Crippen LogP contribution in [-0.2, 0) is 0 Å². The lowest BCUT2D eigenvalue weighted by atomic mass is 9.88. The summed E-state index contributed by atoms with van der Waals surface area (Å²) in [6, 6.07) is 41.5. The zero-order valence-corrected chi connectivity index (χ0v) is 29.7. The molecular formula is C45H37N3OS. The third-order valence-electron chi connectivity index (χ3n) is 9.93. The van der Waals surface area contributed by atoms with Crippen LogP contribution in [0.1, 0.15) is 56.4 Å². The van der Waals surface area contributed by atoms with E-state index in [4.69, 9.17) is 9.40 Å². The summed E-state index contributed by atoms with van der Waals surface area (Å²) in [7, 11) is 0. The zero-order chi connectivity index (χ0) is 34.1. The smallest absolute Gasteiger partial charge is 0.227 e. The summed E-state index contributed by atoms with van der Waals surface area (Å²) < 4.78 is 9.79. The molecule has 4 heterocycles. The highest BCUT2D eigenvalue weighted by Crippen LogP contribution is 2.43.